The zero-order chi connectivity index (χ0) is 14.9. The summed E-state index contributed by atoms with van der Waals surface area (Å²) in [5, 5.41) is 8.97. The van der Waals surface area contributed by atoms with Gasteiger partial charge in [-0.05, 0) is 18.9 Å². The molecule has 0 bridgehead atoms. The third-order valence-electron chi connectivity index (χ3n) is 3.24. The monoisotopic (exact) mass is 357 g/mol. The maximum absolute atomic E-state index is 12.6. The molecule has 9 heteroatoms. The summed E-state index contributed by atoms with van der Waals surface area (Å²) in [5.74, 6) is -1.18. The lowest BCUT2D eigenvalue weighted by molar-refractivity contribution is -0.137. The Balaban J connectivity index is 2.40. The van der Waals surface area contributed by atoms with Crippen LogP contribution in [0, 0.1) is 0 Å². The predicted molar refractivity (Wildman–Crippen MR) is 78.1 cm³/mol. The van der Waals surface area contributed by atoms with Crippen molar-refractivity contribution in [1.82, 2.24) is 4.31 Å². The van der Waals surface area contributed by atoms with Crippen LogP contribution in [-0.2, 0) is 14.8 Å². The van der Waals surface area contributed by atoms with Crippen molar-refractivity contribution < 1.29 is 18.3 Å². The second-order valence-electron chi connectivity index (χ2n) is 4.57. The van der Waals surface area contributed by atoms with Gasteiger partial charge in [0.1, 0.15) is 15.8 Å². The van der Waals surface area contributed by atoms with E-state index in [1.807, 2.05) is 0 Å². The summed E-state index contributed by atoms with van der Waals surface area (Å²) in [7, 11) is -3.94. The average Bonchev–Trinajstić information content (AvgIpc) is 2.95. The highest BCUT2D eigenvalue weighted by atomic mass is 35.5. The lowest BCUT2D eigenvalue weighted by Crippen LogP contribution is -2.42. The van der Waals surface area contributed by atoms with Gasteiger partial charge in [-0.1, -0.05) is 36.0 Å². The minimum absolute atomic E-state index is 0.0587. The second kappa shape index (κ2) is 6.19. The van der Waals surface area contributed by atoms with Crippen molar-refractivity contribution >= 4 is 50.5 Å². The Morgan fingerprint density at radius 2 is 2.00 bits per heavy atom. The van der Waals surface area contributed by atoms with Crippen molar-refractivity contribution in [1.29, 1.82) is 0 Å². The molecule has 112 valence electrons. The van der Waals surface area contributed by atoms with E-state index in [-0.39, 0.29) is 19.6 Å². The van der Waals surface area contributed by atoms with Crippen molar-refractivity contribution in [3.05, 3.63) is 14.7 Å². The Hall–Kier alpha value is -0.340. The van der Waals surface area contributed by atoms with Gasteiger partial charge in [-0.15, -0.1) is 11.3 Å². The first-order chi connectivity index (χ1) is 9.32. The molecule has 1 fully saturated rings. The quantitative estimate of drug-likeness (QED) is 0.878. The first-order valence-electron chi connectivity index (χ1n) is 6.01. The number of carboxylic acid groups (broad SMARTS) is 1. The molecule has 0 amide bonds. The minimum Gasteiger partial charge on any atom is -0.480 e. The largest absolute Gasteiger partial charge is 0.480 e. The van der Waals surface area contributed by atoms with Crippen LogP contribution in [0.4, 0.5) is 0 Å². The molecule has 0 unspecified atom stereocenters. The molecule has 1 aliphatic rings. The van der Waals surface area contributed by atoms with Gasteiger partial charge in [0.05, 0.1) is 4.34 Å². The smallest absolute Gasteiger partial charge is 0.318 e. The first-order valence-corrected chi connectivity index (χ1v) is 9.02. The molecular weight excluding hydrogens is 345 g/mol. The number of carboxylic acids is 1. The van der Waals surface area contributed by atoms with E-state index in [4.69, 9.17) is 28.3 Å². The van der Waals surface area contributed by atoms with Crippen molar-refractivity contribution in [2.75, 3.05) is 6.54 Å². The van der Waals surface area contributed by atoms with E-state index < -0.39 is 22.5 Å². The fraction of sp³-hybridized carbons (Fsp3) is 0.545. The van der Waals surface area contributed by atoms with Crippen molar-refractivity contribution in [2.45, 2.75) is 36.6 Å². The highest BCUT2D eigenvalue weighted by Gasteiger charge is 2.36. The molecule has 0 saturated heterocycles. The van der Waals surface area contributed by atoms with E-state index in [0.29, 0.717) is 12.8 Å². The van der Waals surface area contributed by atoms with Crippen LogP contribution in [0.1, 0.15) is 25.7 Å². The summed E-state index contributed by atoms with van der Waals surface area (Å²) in [4.78, 5) is 10.9. The SMILES string of the molecule is O=C(O)CN(C1CCCC1)S(=O)(=O)c1cc(Cl)sc1Cl. The Labute approximate surface area is 131 Å². The summed E-state index contributed by atoms with van der Waals surface area (Å²) >= 11 is 12.6. The Morgan fingerprint density at radius 3 is 2.45 bits per heavy atom. The maximum Gasteiger partial charge on any atom is 0.318 e. The summed E-state index contributed by atoms with van der Waals surface area (Å²) < 4.78 is 26.6. The number of aliphatic carboxylic acids is 1. The molecule has 20 heavy (non-hydrogen) atoms. The highest BCUT2D eigenvalue weighted by Crippen LogP contribution is 2.37. The lowest BCUT2D eigenvalue weighted by atomic mass is 10.2. The van der Waals surface area contributed by atoms with Gasteiger partial charge in [-0.25, -0.2) is 8.42 Å². The number of rotatable bonds is 5. The molecule has 0 aliphatic heterocycles. The molecule has 1 N–H and O–H groups in total. The molecule has 1 heterocycles. The number of hydrogen-bond acceptors (Lipinski definition) is 4. The van der Waals surface area contributed by atoms with Crippen molar-refractivity contribution in [3.63, 3.8) is 0 Å². The van der Waals surface area contributed by atoms with Gasteiger partial charge in [0.25, 0.3) is 0 Å². The molecule has 5 nitrogen and oxygen atoms in total. The van der Waals surface area contributed by atoms with E-state index in [1.54, 1.807) is 0 Å². The molecule has 0 aromatic carbocycles. The number of sulfonamides is 1. The van der Waals surface area contributed by atoms with Crippen LogP contribution in [0.5, 0.6) is 0 Å². The first kappa shape index (κ1) is 16.0. The molecule has 0 spiro atoms. The Bertz CT molecular complexity index is 608. The molecular formula is C11H13Cl2NO4S2. The summed E-state index contributed by atoms with van der Waals surface area (Å²) in [6.45, 7) is -0.559. The Morgan fingerprint density at radius 1 is 1.40 bits per heavy atom. The van der Waals surface area contributed by atoms with Gasteiger partial charge in [0.2, 0.25) is 10.0 Å². The summed E-state index contributed by atoms with van der Waals surface area (Å²) in [6, 6.07) is 0.985. The maximum atomic E-state index is 12.6. The average molecular weight is 358 g/mol. The lowest BCUT2D eigenvalue weighted by Gasteiger charge is -2.26. The molecule has 1 aliphatic carbocycles. The van der Waals surface area contributed by atoms with Gasteiger partial charge in [0.15, 0.2) is 0 Å². The van der Waals surface area contributed by atoms with Crippen LogP contribution in [0.2, 0.25) is 8.67 Å². The fourth-order valence-electron chi connectivity index (χ4n) is 2.36. The van der Waals surface area contributed by atoms with E-state index in [0.717, 1.165) is 28.5 Å². The topological polar surface area (TPSA) is 74.7 Å². The molecule has 1 aromatic rings. The van der Waals surface area contributed by atoms with Crippen LogP contribution >= 0.6 is 34.5 Å². The predicted octanol–water partition coefficient (Wildman–Crippen LogP) is 3.07. The van der Waals surface area contributed by atoms with Gasteiger partial charge in [-0.3, -0.25) is 4.79 Å². The van der Waals surface area contributed by atoms with Crippen LogP contribution < -0.4 is 0 Å². The number of hydrogen-bond donors (Lipinski definition) is 1. The van der Waals surface area contributed by atoms with E-state index in [2.05, 4.69) is 0 Å². The van der Waals surface area contributed by atoms with Crippen LogP contribution in [-0.4, -0.2) is 36.4 Å². The molecule has 2 rings (SSSR count). The summed E-state index contributed by atoms with van der Waals surface area (Å²) in [5.41, 5.74) is 0. The number of carbonyl (C=O) groups is 1. The molecule has 0 radical (unpaired) electrons. The van der Waals surface area contributed by atoms with Gasteiger partial charge in [-0.2, -0.15) is 4.31 Å². The highest BCUT2D eigenvalue weighted by molar-refractivity contribution is 7.89. The van der Waals surface area contributed by atoms with Crippen LogP contribution in [0.15, 0.2) is 11.0 Å². The third kappa shape index (κ3) is 3.28. The van der Waals surface area contributed by atoms with Gasteiger partial charge in [0, 0.05) is 6.04 Å². The number of thiophene rings is 1. The zero-order valence-corrected chi connectivity index (χ0v) is 13.5. The molecule has 0 atom stereocenters. The van der Waals surface area contributed by atoms with Crippen LogP contribution in [0.25, 0.3) is 0 Å². The number of nitrogens with zero attached hydrogens (tertiary/aromatic N) is 1. The minimum atomic E-state index is -3.94. The summed E-state index contributed by atoms with van der Waals surface area (Å²) in [6.07, 6.45) is 3.13. The number of halogens is 2. The van der Waals surface area contributed by atoms with Crippen molar-refractivity contribution in [3.8, 4) is 0 Å². The van der Waals surface area contributed by atoms with Crippen LogP contribution in [0.3, 0.4) is 0 Å². The van der Waals surface area contributed by atoms with Gasteiger partial charge < -0.3 is 5.11 Å². The van der Waals surface area contributed by atoms with E-state index >= 15 is 0 Å². The second-order valence-corrected chi connectivity index (χ2v) is 8.72. The standard InChI is InChI=1S/C11H13Cl2NO4S2/c12-9-5-8(11(13)19-9)20(17,18)14(6-10(15)16)7-3-1-2-4-7/h5,7H,1-4,6H2,(H,15,16). The van der Waals surface area contributed by atoms with E-state index in [1.165, 1.54) is 6.07 Å². The van der Waals surface area contributed by atoms with E-state index in [9.17, 15) is 13.2 Å². The third-order valence-corrected chi connectivity index (χ3v) is 6.89. The molecule has 1 aromatic heterocycles. The fourth-order valence-corrected chi connectivity index (χ4v) is 6.11. The zero-order valence-electron chi connectivity index (χ0n) is 10.4. The van der Waals surface area contributed by atoms with Crippen molar-refractivity contribution in [2.24, 2.45) is 0 Å². The molecule has 1 saturated carbocycles. The normalized spacial score (nSPS) is 16.9. The Kier molecular flexibility index (Phi) is 4.96. The van der Waals surface area contributed by atoms with Gasteiger partial charge >= 0.3 is 5.97 Å².